The largest absolute Gasteiger partial charge is 0.388 e. The van der Waals surface area contributed by atoms with Gasteiger partial charge in [0.1, 0.15) is 0 Å². The van der Waals surface area contributed by atoms with Crippen LogP contribution in [0.1, 0.15) is 30.7 Å². The van der Waals surface area contributed by atoms with E-state index in [2.05, 4.69) is 16.1 Å². The van der Waals surface area contributed by atoms with E-state index >= 15 is 0 Å². The summed E-state index contributed by atoms with van der Waals surface area (Å²) in [6.07, 6.45) is 4.27. The number of aryl methyl sites for hydroxylation is 2. The molecule has 0 spiro atoms. The van der Waals surface area contributed by atoms with Gasteiger partial charge in [-0.3, -0.25) is 9.58 Å². The smallest absolute Gasteiger partial charge is 0.0841 e. The van der Waals surface area contributed by atoms with Crippen molar-refractivity contribution in [3.8, 4) is 0 Å². The number of rotatable bonds is 3. The summed E-state index contributed by atoms with van der Waals surface area (Å²) in [5.74, 6) is 0. The van der Waals surface area contributed by atoms with E-state index in [4.69, 9.17) is 0 Å². The summed E-state index contributed by atoms with van der Waals surface area (Å²) in [6, 6.07) is 2.84. The van der Waals surface area contributed by atoms with E-state index in [0.717, 1.165) is 43.4 Å². The van der Waals surface area contributed by atoms with Gasteiger partial charge in [0.15, 0.2) is 0 Å². The maximum absolute atomic E-state index is 10.6. The van der Waals surface area contributed by atoms with Crippen LogP contribution in [0.3, 0.4) is 0 Å². The maximum Gasteiger partial charge on any atom is 0.0841 e. The van der Waals surface area contributed by atoms with Crippen LogP contribution in [0.25, 0.3) is 0 Å². The molecule has 1 N–H and O–H groups in total. The standard InChI is InChI=1S/C13H21N3O/c1-10-7-12(15(2)14-10)8-13(17)5-6-16(9-13)11-3-4-11/h7,11,17H,3-6,8-9H2,1-2H3. The Morgan fingerprint density at radius 3 is 2.88 bits per heavy atom. The lowest BCUT2D eigenvalue weighted by atomic mass is 9.97. The molecule has 1 aromatic heterocycles. The molecular weight excluding hydrogens is 214 g/mol. The van der Waals surface area contributed by atoms with Gasteiger partial charge in [-0.05, 0) is 32.3 Å². The normalized spacial score (nSPS) is 30.1. The van der Waals surface area contributed by atoms with Gasteiger partial charge in [-0.15, -0.1) is 0 Å². The Balaban J connectivity index is 1.69. The van der Waals surface area contributed by atoms with E-state index in [9.17, 15) is 5.11 Å². The Hall–Kier alpha value is -0.870. The Kier molecular flexibility index (Phi) is 2.52. The van der Waals surface area contributed by atoms with Gasteiger partial charge in [0, 0.05) is 38.3 Å². The number of hydrogen-bond acceptors (Lipinski definition) is 3. The highest BCUT2D eigenvalue weighted by Crippen LogP contribution is 2.34. The van der Waals surface area contributed by atoms with Crippen LogP contribution in [0.4, 0.5) is 0 Å². The molecule has 2 aliphatic rings. The number of hydrogen-bond donors (Lipinski definition) is 1. The second-order valence-corrected chi connectivity index (χ2v) is 5.75. The molecule has 0 amide bonds. The van der Waals surface area contributed by atoms with Gasteiger partial charge in [0.05, 0.1) is 11.3 Å². The lowest BCUT2D eigenvalue weighted by Crippen LogP contribution is -2.36. The van der Waals surface area contributed by atoms with Crippen LogP contribution in [-0.4, -0.2) is 44.5 Å². The van der Waals surface area contributed by atoms with Crippen molar-refractivity contribution in [2.45, 2.75) is 44.2 Å². The summed E-state index contributed by atoms with van der Waals surface area (Å²) in [5.41, 5.74) is 1.63. The molecule has 17 heavy (non-hydrogen) atoms. The molecule has 1 saturated carbocycles. The Labute approximate surface area is 102 Å². The van der Waals surface area contributed by atoms with Crippen molar-refractivity contribution in [2.24, 2.45) is 7.05 Å². The van der Waals surface area contributed by atoms with Gasteiger partial charge < -0.3 is 5.11 Å². The minimum absolute atomic E-state index is 0.539. The van der Waals surface area contributed by atoms with Gasteiger partial charge in [-0.25, -0.2) is 0 Å². The average Bonchev–Trinajstić information content (AvgIpc) is 2.96. The maximum atomic E-state index is 10.6. The zero-order chi connectivity index (χ0) is 12.0. The zero-order valence-corrected chi connectivity index (χ0v) is 10.7. The number of β-amino-alcohol motifs (C(OH)–C–C–N with tert-alkyl or cyclic N) is 1. The molecule has 1 unspecified atom stereocenters. The molecule has 94 valence electrons. The number of likely N-dealkylation sites (tertiary alicyclic amines) is 1. The molecule has 4 heteroatoms. The fourth-order valence-corrected chi connectivity index (χ4v) is 2.95. The fourth-order valence-electron chi connectivity index (χ4n) is 2.95. The first kappa shape index (κ1) is 11.2. The molecule has 1 saturated heterocycles. The first-order chi connectivity index (χ1) is 8.06. The van der Waals surface area contributed by atoms with Gasteiger partial charge >= 0.3 is 0 Å². The van der Waals surface area contributed by atoms with E-state index in [-0.39, 0.29) is 0 Å². The van der Waals surface area contributed by atoms with Gasteiger partial charge in [-0.2, -0.15) is 5.10 Å². The second-order valence-electron chi connectivity index (χ2n) is 5.75. The highest BCUT2D eigenvalue weighted by atomic mass is 16.3. The van der Waals surface area contributed by atoms with Crippen molar-refractivity contribution in [3.63, 3.8) is 0 Å². The third-order valence-electron chi connectivity index (χ3n) is 4.03. The van der Waals surface area contributed by atoms with Crippen LogP contribution in [0.2, 0.25) is 0 Å². The predicted molar refractivity (Wildman–Crippen MR) is 65.8 cm³/mol. The number of aromatic nitrogens is 2. The lowest BCUT2D eigenvalue weighted by Gasteiger charge is -2.23. The molecule has 1 atom stereocenters. The lowest BCUT2D eigenvalue weighted by molar-refractivity contribution is 0.0469. The van der Waals surface area contributed by atoms with E-state index < -0.39 is 5.60 Å². The molecule has 3 rings (SSSR count). The first-order valence-electron chi connectivity index (χ1n) is 6.52. The number of nitrogens with zero attached hydrogens (tertiary/aromatic N) is 3. The molecule has 1 aliphatic heterocycles. The van der Waals surface area contributed by atoms with E-state index in [1.807, 2.05) is 18.7 Å². The minimum atomic E-state index is -0.539. The molecule has 2 fully saturated rings. The second kappa shape index (κ2) is 3.82. The van der Waals surface area contributed by atoms with Crippen LogP contribution in [0.15, 0.2) is 6.07 Å². The van der Waals surface area contributed by atoms with Crippen LogP contribution in [0, 0.1) is 6.92 Å². The first-order valence-corrected chi connectivity index (χ1v) is 6.52. The summed E-state index contributed by atoms with van der Waals surface area (Å²) in [6.45, 7) is 3.89. The highest BCUT2D eigenvalue weighted by molar-refractivity contribution is 5.13. The average molecular weight is 235 g/mol. The van der Waals surface area contributed by atoms with Gasteiger partial charge in [0.25, 0.3) is 0 Å². The van der Waals surface area contributed by atoms with Gasteiger partial charge in [-0.1, -0.05) is 0 Å². The summed E-state index contributed by atoms with van der Waals surface area (Å²) in [5, 5.41) is 15.0. The van der Waals surface area contributed by atoms with Crippen LogP contribution in [0.5, 0.6) is 0 Å². The Morgan fingerprint density at radius 2 is 2.29 bits per heavy atom. The van der Waals surface area contributed by atoms with E-state index in [1.54, 1.807) is 0 Å². The molecule has 2 heterocycles. The SMILES string of the molecule is Cc1cc(CC2(O)CCN(C3CC3)C2)n(C)n1. The zero-order valence-electron chi connectivity index (χ0n) is 10.7. The summed E-state index contributed by atoms with van der Waals surface area (Å²) < 4.78 is 1.90. The van der Waals surface area contributed by atoms with Gasteiger partial charge in [0.2, 0.25) is 0 Å². The van der Waals surface area contributed by atoms with Crippen molar-refractivity contribution in [1.82, 2.24) is 14.7 Å². The number of aliphatic hydroxyl groups is 1. The Morgan fingerprint density at radius 1 is 1.53 bits per heavy atom. The van der Waals surface area contributed by atoms with Crippen molar-refractivity contribution in [1.29, 1.82) is 0 Å². The van der Waals surface area contributed by atoms with Crippen LogP contribution in [-0.2, 0) is 13.5 Å². The topological polar surface area (TPSA) is 41.3 Å². The highest BCUT2D eigenvalue weighted by Gasteiger charge is 2.42. The van der Waals surface area contributed by atoms with Crippen LogP contribution < -0.4 is 0 Å². The minimum Gasteiger partial charge on any atom is -0.388 e. The molecular formula is C13H21N3O. The van der Waals surface area contributed by atoms with E-state index in [1.165, 1.54) is 12.8 Å². The summed E-state index contributed by atoms with van der Waals surface area (Å²) in [7, 11) is 1.96. The van der Waals surface area contributed by atoms with Crippen molar-refractivity contribution in [2.75, 3.05) is 13.1 Å². The quantitative estimate of drug-likeness (QED) is 0.845. The molecule has 1 aliphatic carbocycles. The molecule has 0 radical (unpaired) electrons. The predicted octanol–water partition coefficient (Wildman–Crippen LogP) is 0.870. The third-order valence-corrected chi connectivity index (χ3v) is 4.03. The van der Waals surface area contributed by atoms with Crippen molar-refractivity contribution >= 4 is 0 Å². The molecule has 4 nitrogen and oxygen atoms in total. The van der Waals surface area contributed by atoms with Crippen molar-refractivity contribution < 1.29 is 5.11 Å². The molecule has 0 bridgehead atoms. The monoisotopic (exact) mass is 235 g/mol. The van der Waals surface area contributed by atoms with E-state index in [0.29, 0.717) is 0 Å². The van der Waals surface area contributed by atoms with Crippen molar-refractivity contribution in [3.05, 3.63) is 17.5 Å². The summed E-state index contributed by atoms with van der Waals surface area (Å²) >= 11 is 0. The molecule has 0 aromatic carbocycles. The summed E-state index contributed by atoms with van der Waals surface area (Å²) in [4.78, 5) is 2.45. The van der Waals surface area contributed by atoms with Crippen LogP contribution >= 0.6 is 0 Å². The molecule has 1 aromatic rings. The fraction of sp³-hybridized carbons (Fsp3) is 0.769. The third kappa shape index (κ3) is 2.24. The Bertz CT molecular complexity index is 424.